The third kappa shape index (κ3) is 2.84. The van der Waals surface area contributed by atoms with Gasteiger partial charge < -0.3 is 20.1 Å². The summed E-state index contributed by atoms with van der Waals surface area (Å²) in [6.07, 6.45) is -5.21. The van der Waals surface area contributed by atoms with Crippen LogP contribution in [0.2, 0.25) is 0 Å². The highest BCUT2D eigenvalue weighted by Gasteiger charge is 2.29. The molecule has 0 radical (unpaired) electrons. The Morgan fingerprint density at radius 3 is 2.08 bits per heavy atom. The van der Waals surface area contributed by atoms with Gasteiger partial charge in [-0.2, -0.15) is 0 Å². The second-order valence-corrected chi connectivity index (χ2v) is 2.46. The van der Waals surface area contributed by atoms with Gasteiger partial charge in [-0.1, -0.05) is 0 Å². The van der Waals surface area contributed by atoms with Crippen LogP contribution in [0.5, 0.6) is 0 Å². The summed E-state index contributed by atoms with van der Waals surface area (Å²) in [6, 6.07) is 0. The van der Waals surface area contributed by atoms with Gasteiger partial charge in [0.15, 0.2) is 12.4 Å². The predicted molar refractivity (Wildman–Crippen MR) is 38.8 cm³/mol. The molecule has 0 aliphatic carbocycles. The molecule has 0 fully saturated rings. The maximum absolute atomic E-state index is 10.1. The summed E-state index contributed by atoms with van der Waals surface area (Å²) >= 11 is 0. The van der Waals surface area contributed by atoms with E-state index in [2.05, 4.69) is 10.7 Å². The molecular weight excluding hydrogens is 166 g/mol. The van der Waals surface area contributed by atoms with E-state index >= 15 is 0 Å². The van der Waals surface area contributed by atoms with E-state index in [4.69, 9.17) is 15.3 Å². The highest BCUT2D eigenvalue weighted by atomic mass is 16.6. The van der Waals surface area contributed by atoms with Gasteiger partial charge in [0.25, 0.3) is 0 Å². The molecule has 0 aromatic carbocycles. The van der Waals surface area contributed by atoms with Gasteiger partial charge >= 0.3 is 0 Å². The van der Waals surface area contributed by atoms with Crippen molar-refractivity contribution in [3.05, 3.63) is 0 Å². The lowest BCUT2D eigenvalue weighted by molar-refractivity contribution is -0.142. The fourth-order valence-electron chi connectivity index (χ4n) is 0.673. The van der Waals surface area contributed by atoms with Gasteiger partial charge in [-0.3, -0.25) is 4.84 Å². The molecule has 0 saturated carbocycles. The van der Waals surface area contributed by atoms with E-state index in [9.17, 15) is 4.79 Å². The monoisotopic (exact) mass is 179 g/mol. The molecule has 0 spiro atoms. The smallest absolute Gasteiger partial charge is 0.162 e. The van der Waals surface area contributed by atoms with Crippen molar-refractivity contribution in [2.24, 2.45) is 5.90 Å². The van der Waals surface area contributed by atoms with E-state index in [1.165, 1.54) is 6.92 Å². The molecule has 0 aliphatic rings. The van der Waals surface area contributed by atoms with Crippen LogP contribution in [-0.4, -0.2) is 46.0 Å². The first-order valence-corrected chi connectivity index (χ1v) is 3.39. The van der Waals surface area contributed by atoms with E-state index in [1.807, 2.05) is 0 Å². The predicted octanol–water partition coefficient (Wildman–Crippen LogP) is -2.45. The van der Waals surface area contributed by atoms with Crippen LogP contribution in [-0.2, 0) is 9.63 Å². The summed E-state index contributed by atoms with van der Waals surface area (Å²) in [4.78, 5) is 14.2. The average Bonchev–Trinajstić information content (AvgIpc) is 2.05. The number of carbonyl (C=O) groups excluding carboxylic acids is 1. The number of rotatable bonds is 5. The molecule has 0 saturated heterocycles. The number of nitrogens with two attached hydrogens (primary N) is 1. The largest absolute Gasteiger partial charge is 0.391 e. The molecule has 12 heavy (non-hydrogen) atoms. The normalized spacial score (nSPS) is 21.1. The lowest BCUT2D eigenvalue weighted by Crippen LogP contribution is -2.46. The maximum atomic E-state index is 10.1. The lowest BCUT2D eigenvalue weighted by Gasteiger charge is -2.22. The van der Waals surface area contributed by atoms with Crippen LogP contribution in [0, 0.1) is 0 Å². The minimum atomic E-state index is -1.52. The van der Waals surface area contributed by atoms with E-state index in [-0.39, 0.29) is 6.29 Å². The van der Waals surface area contributed by atoms with Crippen molar-refractivity contribution in [3.8, 4) is 0 Å². The standard InChI is InChI=1S/C6H13NO5/c1-3(9)5(10)6(11)4(2-8)12-7/h2-6,9-11H,7H2,1H3/t3-,4+,5+,6-/m1/s1. The lowest BCUT2D eigenvalue weighted by atomic mass is 10.1. The second-order valence-electron chi connectivity index (χ2n) is 2.46. The molecule has 0 unspecified atom stereocenters. The Morgan fingerprint density at radius 2 is 1.83 bits per heavy atom. The fraction of sp³-hybridized carbons (Fsp3) is 0.833. The van der Waals surface area contributed by atoms with Gasteiger partial charge in [-0.15, -0.1) is 0 Å². The van der Waals surface area contributed by atoms with Gasteiger partial charge in [0.2, 0.25) is 0 Å². The summed E-state index contributed by atoms with van der Waals surface area (Å²) < 4.78 is 0. The molecule has 5 N–H and O–H groups in total. The molecule has 6 heteroatoms. The summed E-state index contributed by atoms with van der Waals surface area (Å²) in [5.41, 5.74) is 0. The summed E-state index contributed by atoms with van der Waals surface area (Å²) in [5, 5.41) is 26.9. The maximum Gasteiger partial charge on any atom is 0.162 e. The molecule has 0 rings (SSSR count). The van der Waals surface area contributed by atoms with Crippen LogP contribution in [0.1, 0.15) is 6.92 Å². The Balaban J connectivity index is 4.14. The molecule has 0 aromatic heterocycles. The van der Waals surface area contributed by atoms with Crippen LogP contribution >= 0.6 is 0 Å². The van der Waals surface area contributed by atoms with Crippen molar-refractivity contribution in [1.29, 1.82) is 0 Å². The van der Waals surface area contributed by atoms with Gasteiger partial charge in [0.05, 0.1) is 6.10 Å². The minimum absolute atomic E-state index is 0.246. The number of aliphatic hydroxyl groups excluding tert-OH is 3. The van der Waals surface area contributed by atoms with Gasteiger partial charge in [-0.25, -0.2) is 5.90 Å². The quantitative estimate of drug-likeness (QED) is 0.275. The number of aldehydes is 1. The van der Waals surface area contributed by atoms with Crippen LogP contribution in [0.4, 0.5) is 0 Å². The summed E-state index contributed by atoms with van der Waals surface area (Å²) in [5.74, 6) is 4.64. The molecule has 0 aromatic rings. The van der Waals surface area contributed by atoms with Crippen LogP contribution in [0.15, 0.2) is 0 Å². The average molecular weight is 179 g/mol. The highest BCUT2D eigenvalue weighted by Crippen LogP contribution is 2.04. The van der Waals surface area contributed by atoms with E-state index in [1.54, 1.807) is 0 Å². The van der Waals surface area contributed by atoms with Crippen LogP contribution in [0.25, 0.3) is 0 Å². The van der Waals surface area contributed by atoms with E-state index in [0.29, 0.717) is 0 Å². The van der Waals surface area contributed by atoms with Crippen molar-refractivity contribution < 1.29 is 25.0 Å². The summed E-state index contributed by atoms with van der Waals surface area (Å²) in [6.45, 7) is 1.27. The fourth-order valence-corrected chi connectivity index (χ4v) is 0.673. The molecule has 72 valence electrons. The van der Waals surface area contributed by atoms with Gasteiger partial charge in [0.1, 0.15) is 12.2 Å². The van der Waals surface area contributed by atoms with E-state index < -0.39 is 24.4 Å². The molecule has 0 bridgehead atoms. The molecular formula is C6H13NO5. The van der Waals surface area contributed by atoms with Crippen molar-refractivity contribution in [3.63, 3.8) is 0 Å². The Kier molecular flexibility index (Phi) is 4.95. The first-order chi connectivity index (χ1) is 5.54. The SMILES string of the molecule is C[C@@H](O)[C@H](O)[C@H](O)[C@H](C=O)ON. The van der Waals surface area contributed by atoms with Crippen molar-refractivity contribution in [2.45, 2.75) is 31.3 Å². The molecule has 0 heterocycles. The van der Waals surface area contributed by atoms with Crippen LogP contribution in [0.3, 0.4) is 0 Å². The van der Waals surface area contributed by atoms with E-state index in [0.717, 1.165) is 0 Å². The first-order valence-electron chi connectivity index (χ1n) is 3.39. The zero-order valence-electron chi connectivity index (χ0n) is 6.62. The highest BCUT2D eigenvalue weighted by molar-refractivity contribution is 5.57. The first kappa shape index (κ1) is 11.5. The number of hydrogen-bond acceptors (Lipinski definition) is 6. The minimum Gasteiger partial charge on any atom is -0.391 e. The number of hydrogen-bond donors (Lipinski definition) is 4. The second kappa shape index (κ2) is 5.18. The van der Waals surface area contributed by atoms with Gasteiger partial charge in [0, 0.05) is 0 Å². The molecule has 0 amide bonds. The van der Waals surface area contributed by atoms with Crippen molar-refractivity contribution >= 4 is 6.29 Å². The molecule has 0 aliphatic heterocycles. The third-order valence-electron chi connectivity index (χ3n) is 1.47. The van der Waals surface area contributed by atoms with Crippen molar-refractivity contribution in [1.82, 2.24) is 0 Å². The Hall–Kier alpha value is -0.530. The van der Waals surface area contributed by atoms with Crippen molar-refractivity contribution in [2.75, 3.05) is 0 Å². The number of carbonyl (C=O) groups is 1. The Morgan fingerprint density at radius 1 is 1.33 bits per heavy atom. The third-order valence-corrected chi connectivity index (χ3v) is 1.47. The number of aliphatic hydroxyl groups is 3. The Labute approximate surface area is 69.5 Å². The molecule has 4 atom stereocenters. The topological polar surface area (TPSA) is 113 Å². The van der Waals surface area contributed by atoms with Crippen LogP contribution < -0.4 is 5.90 Å². The van der Waals surface area contributed by atoms with Gasteiger partial charge in [-0.05, 0) is 6.92 Å². The zero-order chi connectivity index (χ0) is 9.72. The zero-order valence-corrected chi connectivity index (χ0v) is 6.62. The Bertz CT molecular complexity index is 140. The summed E-state index contributed by atoms with van der Waals surface area (Å²) in [7, 11) is 0. The molecule has 6 nitrogen and oxygen atoms in total.